The van der Waals surface area contributed by atoms with Crippen LogP contribution in [-0.4, -0.2) is 23.5 Å². The molecule has 1 aromatic carbocycles. The summed E-state index contributed by atoms with van der Waals surface area (Å²) in [6, 6.07) is 6.71. The van der Waals surface area contributed by atoms with Crippen LogP contribution in [0.1, 0.15) is 0 Å². The molecule has 0 heterocycles. The van der Waals surface area contributed by atoms with E-state index in [0.29, 0.717) is 11.4 Å². The van der Waals surface area contributed by atoms with E-state index in [1.54, 1.807) is 24.3 Å². The van der Waals surface area contributed by atoms with Gasteiger partial charge in [0.25, 0.3) is 0 Å². The molecule has 0 unspecified atom stereocenters. The summed E-state index contributed by atoms with van der Waals surface area (Å²) in [5, 5.41) is 13.7. The summed E-state index contributed by atoms with van der Waals surface area (Å²) in [6.07, 6.45) is 1.18. The summed E-state index contributed by atoms with van der Waals surface area (Å²) in [5.74, 6) is -1.21. The molecule has 0 atom stereocenters. The summed E-state index contributed by atoms with van der Waals surface area (Å²) >= 11 is 0. The van der Waals surface area contributed by atoms with Crippen LogP contribution in [0.2, 0.25) is 0 Å². The third kappa shape index (κ3) is 3.83. The van der Waals surface area contributed by atoms with Crippen LogP contribution in [0.3, 0.4) is 0 Å². The van der Waals surface area contributed by atoms with E-state index in [1.807, 2.05) is 0 Å². The van der Waals surface area contributed by atoms with Crippen LogP contribution in [0.4, 0.5) is 11.4 Å². The van der Waals surface area contributed by atoms with Crippen LogP contribution in [0.5, 0.6) is 0 Å². The molecule has 0 aliphatic rings. The summed E-state index contributed by atoms with van der Waals surface area (Å²) in [6.45, 7) is 3.19. The van der Waals surface area contributed by atoms with Gasteiger partial charge in [0.05, 0.1) is 0 Å². The molecule has 0 saturated heterocycles. The Balaban J connectivity index is 2.57. The van der Waals surface area contributed by atoms with Gasteiger partial charge in [-0.25, -0.2) is 0 Å². The summed E-state index contributed by atoms with van der Waals surface area (Å²) < 4.78 is 0. The minimum absolute atomic E-state index is 0.141. The van der Waals surface area contributed by atoms with E-state index in [2.05, 4.69) is 17.2 Å². The molecule has 1 amide bonds. The van der Waals surface area contributed by atoms with Crippen molar-refractivity contribution in [3.63, 3.8) is 0 Å². The summed E-state index contributed by atoms with van der Waals surface area (Å²) in [7, 11) is 0. The van der Waals surface area contributed by atoms with Gasteiger partial charge in [-0.05, 0) is 30.3 Å². The lowest BCUT2D eigenvalue weighted by Gasteiger charge is -2.05. The highest BCUT2D eigenvalue weighted by Crippen LogP contribution is 2.13. The Morgan fingerprint density at radius 2 is 1.81 bits per heavy atom. The fraction of sp³-hybridized carbons (Fsp3) is 0.0909. The molecular formula is C11H12N2O3. The molecule has 0 spiro atoms. The van der Waals surface area contributed by atoms with Crippen LogP contribution < -0.4 is 10.6 Å². The average molecular weight is 220 g/mol. The Bertz CT molecular complexity index is 398. The number of carbonyl (C=O) groups excluding carboxylic acids is 1. The van der Waals surface area contributed by atoms with Crippen LogP contribution >= 0.6 is 0 Å². The highest BCUT2D eigenvalue weighted by Gasteiger charge is 1.99. The number of amides is 1. The molecule has 1 rings (SSSR count). The van der Waals surface area contributed by atoms with Crippen molar-refractivity contribution in [1.82, 2.24) is 0 Å². The third-order valence-electron chi connectivity index (χ3n) is 1.78. The van der Waals surface area contributed by atoms with Crippen LogP contribution in [0, 0.1) is 0 Å². The quantitative estimate of drug-likeness (QED) is 0.654. The van der Waals surface area contributed by atoms with E-state index < -0.39 is 5.97 Å². The van der Waals surface area contributed by atoms with Gasteiger partial charge in [-0.15, -0.1) is 0 Å². The Hall–Kier alpha value is -2.30. The Morgan fingerprint density at radius 3 is 2.31 bits per heavy atom. The van der Waals surface area contributed by atoms with E-state index >= 15 is 0 Å². The van der Waals surface area contributed by atoms with Crippen LogP contribution in [-0.2, 0) is 9.59 Å². The van der Waals surface area contributed by atoms with Gasteiger partial charge in [0.2, 0.25) is 5.91 Å². The lowest BCUT2D eigenvalue weighted by Crippen LogP contribution is -2.12. The predicted octanol–water partition coefficient (Wildman–Crippen LogP) is 1.31. The van der Waals surface area contributed by atoms with Crippen molar-refractivity contribution in [1.29, 1.82) is 0 Å². The van der Waals surface area contributed by atoms with Crippen molar-refractivity contribution in [2.45, 2.75) is 0 Å². The normalized spacial score (nSPS) is 9.25. The van der Waals surface area contributed by atoms with Gasteiger partial charge >= 0.3 is 5.97 Å². The number of hydrogen-bond donors (Lipinski definition) is 3. The number of nitrogens with one attached hydrogen (secondary N) is 2. The smallest absolute Gasteiger partial charge is 0.322 e. The second kappa shape index (κ2) is 5.55. The topological polar surface area (TPSA) is 78.4 Å². The van der Waals surface area contributed by atoms with E-state index in [9.17, 15) is 9.59 Å². The maximum atomic E-state index is 11.0. The molecule has 3 N–H and O–H groups in total. The van der Waals surface area contributed by atoms with E-state index in [-0.39, 0.29) is 12.5 Å². The highest BCUT2D eigenvalue weighted by atomic mass is 16.4. The summed E-state index contributed by atoms with van der Waals surface area (Å²) in [5.41, 5.74) is 1.31. The van der Waals surface area contributed by atoms with Crippen LogP contribution in [0.15, 0.2) is 36.9 Å². The van der Waals surface area contributed by atoms with Crippen molar-refractivity contribution in [2.24, 2.45) is 0 Å². The molecule has 16 heavy (non-hydrogen) atoms. The zero-order valence-corrected chi connectivity index (χ0v) is 8.56. The summed E-state index contributed by atoms with van der Waals surface area (Å²) in [4.78, 5) is 21.3. The fourth-order valence-electron chi connectivity index (χ4n) is 1.04. The highest BCUT2D eigenvalue weighted by molar-refractivity contribution is 5.98. The van der Waals surface area contributed by atoms with Gasteiger partial charge < -0.3 is 15.7 Å². The maximum Gasteiger partial charge on any atom is 0.322 e. The lowest BCUT2D eigenvalue weighted by molar-refractivity contribution is -0.134. The molecule has 0 aromatic heterocycles. The molecule has 84 valence electrons. The van der Waals surface area contributed by atoms with Crippen molar-refractivity contribution in [2.75, 3.05) is 17.2 Å². The first-order valence-electron chi connectivity index (χ1n) is 4.61. The first-order valence-corrected chi connectivity index (χ1v) is 4.61. The number of rotatable bonds is 5. The molecular weight excluding hydrogens is 208 g/mol. The molecule has 0 saturated carbocycles. The van der Waals surface area contributed by atoms with E-state index in [1.165, 1.54) is 6.08 Å². The zero-order valence-electron chi connectivity index (χ0n) is 8.56. The molecule has 0 fully saturated rings. The number of carboxylic acids is 1. The molecule has 5 heteroatoms. The standard InChI is InChI=1S/C11H12N2O3/c1-2-10(14)13-9-5-3-8(4-6-9)12-7-11(15)16/h2-6,12H,1,7H2,(H,13,14)(H,15,16). The Morgan fingerprint density at radius 1 is 1.25 bits per heavy atom. The number of carbonyl (C=O) groups is 2. The third-order valence-corrected chi connectivity index (χ3v) is 1.78. The molecule has 5 nitrogen and oxygen atoms in total. The zero-order chi connectivity index (χ0) is 12.0. The number of anilines is 2. The number of hydrogen-bond acceptors (Lipinski definition) is 3. The molecule has 0 radical (unpaired) electrons. The Labute approximate surface area is 92.8 Å². The number of benzene rings is 1. The second-order valence-electron chi connectivity index (χ2n) is 3.02. The molecule has 1 aromatic rings. The minimum atomic E-state index is -0.927. The minimum Gasteiger partial charge on any atom is -0.480 e. The van der Waals surface area contributed by atoms with Gasteiger partial charge in [0.1, 0.15) is 6.54 Å². The van der Waals surface area contributed by atoms with Gasteiger partial charge in [0, 0.05) is 11.4 Å². The number of carboxylic acid groups (broad SMARTS) is 1. The van der Waals surface area contributed by atoms with E-state index in [0.717, 1.165) is 0 Å². The van der Waals surface area contributed by atoms with Gasteiger partial charge in [-0.3, -0.25) is 9.59 Å². The SMILES string of the molecule is C=CC(=O)Nc1ccc(NCC(=O)O)cc1. The number of aliphatic carboxylic acids is 1. The van der Waals surface area contributed by atoms with E-state index in [4.69, 9.17) is 5.11 Å². The monoisotopic (exact) mass is 220 g/mol. The largest absolute Gasteiger partial charge is 0.480 e. The van der Waals surface area contributed by atoms with Gasteiger partial charge in [0.15, 0.2) is 0 Å². The van der Waals surface area contributed by atoms with Crippen molar-refractivity contribution >= 4 is 23.3 Å². The van der Waals surface area contributed by atoms with Crippen molar-refractivity contribution < 1.29 is 14.7 Å². The predicted molar refractivity (Wildman–Crippen MR) is 61.4 cm³/mol. The lowest BCUT2D eigenvalue weighted by atomic mass is 10.2. The van der Waals surface area contributed by atoms with Crippen molar-refractivity contribution in [3.05, 3.63) is 36.9 Å². The fourth-order valence-corrected chi connectivity index (χ4v) is 1.04. The molecule has 0 bridgehead atoms. The first-order chi connectivity index (χ1) is 7.61. The maximum absolute atomic E-state index is 11.0. The average Bonchev–Trinajstić information content (AvgIpc) is 2.28. The first kappa shape index (κ1) is 11.8. The van der Waals surface area contributed by atoms with Gasteiger partial charge in [-0.1, -0.05) is 6.58 Å². The van der Waals surface area contributed by atoms with Crippen LogP contribution in [0.25, 0.3) is 0 Å². The second-order valence-corrected chi connectivity index (χ2v) is 3.02. The molecule has 0 aliphatic heterocycles. The van der Waals surface area contributed by atoms with Gasteiger partial charge in [-0.2, -0.15) is 0 Å². The van der Waals surface area contributed by atoms with Crippen molar-refractivity contribution in [3.8, 4) is 0 Å². The Kier molecular flexibility index (Phi) is 4.08. The molecule has 0 aliphatic carbocycles.